The molecule has 1 aromatic carbocycles. The normalized spacial score (nSPS) is 11.8. The topological polar surface area (TPSA) is 58.2 Å². The minimum atomic E-state index is -3.47. The largest absolute Gasteiger partial charge is 0.313 e. The van der Waals surface area contributed by atoms with E-state index in [1.165, 1.54) is 6.07 Å². The third-order valence-electron chi connectivity index (χ3n) is 2.68. The van der Waals surface area contributed by atoms with Gasteiger partial charge in [0.1, 0.15) is 0 Å². The van der Waals surface area contributed by atoms with E-state index in [9.17, 15) is 8.42 Å². The lowest BCUT2D eigenvalue weighted by Crippen LogP contribution is -2.26. The summed E-state index contributed by atoms with van der Waals surface area (Å²) in [7, 11) is -3.47. The fraction of sp³-hybridized carbons (Fsp3) is 0.538. The molecule has 0 aliphatic heterocycles. The summed E-state index contributed by atoms with van der Waals surface area (Å²) in [5.74, 6) is 0.742. The predicted octanol–water partition coefficient (Wildman–Crippen LogP) is 2.48. The first-order chi connectivity index (χ1) is 9.51. The Balaban J connectivity index is 2.75. The molecule has 0 aliphatic carbocycles. The number of nitrogens with one attached hydrogen (secondary N) is 2. The molecule has 4 nitrogen and oxygen atoms in total. The van der Waals surface area contributed by atoms with Crippen molar-refractivity contribution in [3.63, 3.8) is 0 Å². The summed E-state index contributed by atoms with van der Waals surface area (Å²) in [4.78, 5) is 0.211. The predicted molar refractivity (Wildman–Crippen MR) is 87.0 cm³/mol. The third kappa shape index (κ3) is 5.61. The maximum absolute atomic E-state index is 12.0. The third-order valence-corrected chi connectivity index (χ3v) is 5.10. The molecule has 0 heterocycles. The summed E-state index contributed by atoms with van der Waals surface area (Å²) in [5.41, 5.74) is 0.906. The van der Waals surface area contributed by atoms with E-state index in [0.29, 0.717) is 18.1 Å². The van der Waals surface area contributed by atoms with Gasteiger partial charge in [-0.2, -0.15) is 11.8 Å². The van der Waals surface area contributed by atoms with Crippen LogP contribution >= 0.6 is 23.4 Å². The van der Waals surface area contributed by atoms with Crippen LogP contribution in [-0.2, 0) is 16.6 Å². The highest BCUT2D eigenvalue weighted by molar-refractivity contribution is 7.98. The number of benzene rings is 1. The Morgan fingerprint density at radius 3 is 2.65 bits per heavy atom. The van der Waals surface area contributed by atoms with Crippen molar-refractivity contribution >= 4 is 33.4 Å². The van der Waals surface area contributed by atoms with E-state index in [4.69, 9.17) is 11.6 Å². The van der Waals surface area contributed by atoms with Crippen molar-refractivity contribution in [3.05, 3.63) is 28.8 Å². The molecule has 0 amide bonds. The van der Waals surface area contributed by atoms with E-state index in [2.05, 4.69) is 17.0 Å². The number of hydrogen-bond donors (Lipinski definition) is 2. The van der Waals surface area contributed by atoms with Crippen molar-refractivity contribution in [2.75, 3.05) is 25.1 Å². The molecular formula is C13H21ClN2O2S2. The van der Waals surface area contributed by atoms with Crippen molar-refractivity contribution in [1.29, 1.82) is 0 Å². The van der Waals surface area contributed by atoms with Crippen LogP contribution in [-0.4, -0.2) is 33.5 Å². The van der Waals surface area contributed by atoms with E-state index in [-0.39, 0.29) is 4.90 Å². The van der Waals surface area contributed by atoms with Gasteiger partial charge in [-0.15, -0.1) is 0 Å². The maximum Gasteiger partial charge on any atom is 0.240 e. The smallest absolute Gasteiger partial charge is 0.240 e. The number of thioether (sulfide) groups is 1. The number of sulfonamides is 1. The fourth-order valence-corrected chi connectivity index (χ4v) is 3.40. The maximum atomic E-state index is 12.0. The molecule has 1 rings (SSSR count). The Bertz CT molecular complexity index is 521. The Morgan fingerprint density at radius 2 is 2.05 bits per heavy atom. The molecule has 2 N–H and O–H groups in total. The first-order valence-electron chi connectivity index (χ1n) is 6.49. The highest BCUT2D eigenvalue weighted by atomic mass is 35.5. The van der Waals surface area contributed by atoms with Crippen molar-refractivity contribution in [2.24, 2.45) is 0 Å². The Labute approximate surface area is 130 Å². The standard InChI is InChI=1S/C13H21ClN2O2S2/c1-3-6-15-10-11-4-5-12(9-13(11)14)20(17,18)16-7-8-19-2/h4-5,9,15-16H,3,6-8,10H2,1-2H3. The summed E-state index contributed by atoms with van der Waals surface area (Å²) >= 11 is 7.73. The zero-order chi connectivity index (χ0) is 15.0. The fourth-order valence-electron chi connectivity index (χ4n) is 1.60. The van der Waals surface area contributed by atoms with Crippen LogP contribution in [0.1, 0.15) is 18.9 Å². The lowest BCUT2D eigenvalue weighted by Gasteiger charge is -2.09. The van der Waals surface area contributed by atoms with Crippen LogP contribution in [0, 0.1) is 0 Å². The molecule has 7 heteroatoms. The molecule has 114 valence electrons. The lowest BCUT2D eigenvalue weighted by molar-refractivity contribution is 0.584. The van der Waals surface area contributed by atoms with Gasteiger partial charge in [0.05, 0.1) is 4.90 Å². The Hall–Kier alpha value is -0.270. The average molecular weight is 337 g/mol. The zero-order valence-corrected chi connectivity index (χ0v) is 14.2. The van der Waals surface area contributed by atoms with Gasteiger partial charge in [0.15, 0.2) is 0 Å². The van der Waals surface area contributed by atoms with Crippen LogP contribution in [0.5, 0.6) is 0 Å². The minimum absolute atomic E-state index is 0.211. The molecule has 0 bridgehead atoms. The van der Waals surface area contributed by atoms with Gasteiger partial charge in [0.25, 0.3) is 0 Å². The molecule has 20 heavy (non-hydrogen) atoms. The van der Waals surface area contributed by atoms with Gasteiger partial charge >= 0.3 is 0 Å². The molecule has 0 aromatic heterocycles. The van der Waals surface area contributed by atoms with Crippen molar-refractivity contribution in [3.8, 4) is 0 Å². The summed E-state index contributed by atoms with van der Waals surface area (Å²) in [6.07, 6.45) is 2.98. The number of hydrogen-bond acceptors (Lipinski definition) is 4. The first kappa shape index (κ1) is 17.8. The van der Waals surface area contributed by atoms with Crippen LogP contribution in [0.25, 0.3) is 0 Å². The van der Waals surface area contributed by atoms with E-state index >= 15 is 0 Å². The minimum Gasteiger partial charge on any atom is -0.313 e. The van der Waals surface area contributed by atoms with E-state index in [1.807, 2.05) is 6.26 Å². The van der Waals surface area contributed by atoms with Crippen LogP contribution < -0.4 is 10.0 Å². The van der Waals surface area contributed by atoms with Gasteiger partial charge in [-0.1, -0.05) is 24.6 Å². The SMILES string of the molecule is CCCNCc1ccc(S(=O)(=O)NCCSC)cc1Cl. The average Bonchev–Trinajstić information content (AvgIpc) is 2.41. The highest BCUT2D eigenvalue weighted by Crippen LogP contribution is 2.20. The molecule has 0 atom stereocenters. The monoisotopic (exact) mass is 336 g/mol. The second-order valence-corrected chi connectivity index (χ2v) is 7.48. The van der Waals surface area contributed by atoms with Crippen LogP contribution in [0.15, 0.2) is 23.1 Å². The second-order valence-electron chi connectivity index (χ2n) is 4.32. The molecule has 0 aliphatic rings. The molecule has 0 saturated carbocycles. The van der Waals surface area contributed by atoms with Gasteiger partial charge in [0.2, 0.25) is 10.0 Å². The van der Waals surface area contributed by atoms with Crippen LogP contribution in [0.4, 0.5) is 0 Å². The molecule has 0 saturated heterocycles. The van der Waals surface area contributed by atoms with Crippen molar-refractivity contribution < 1.29 is 8.42 Å². The van der Waals surface area contributed by atoms with Crippen molar-refractivity contribution in [2.45, 2.75) is 24.8 Å². The van der Waals surface area contributed by atoms with E-state index in [0.717, 1.165) is 24.3 Å². The molecule has 0 fully saturated rings. The summed E-state index contributed by atoms with van der Waals surface area (Å²) in [6, 6.07) is 4.86. The summed E-state index contributed by atoms with van der Waals surface area (Å²) < 4.78 is 26.6. The van der Waals surface area contributed by atoms with Gasteiger partial charge in [0, 0.05) is 23.9 Å². The summed E-state index contributed by atoms with van der Waals surface area (Å²) in [6.45, 7) is 4.06. The quantitative estimate of drug-likeness (QED) is 0.680. The summed E-state index contributed by atoms with van der Waals surface area (Å²) in [5, 5.41) is 3.71. The van der Waals surface area contributed by atoms with Gasteiger partial charge in [-0.25, -0.2) is 13.1 Å². The number of halogens is 1. The van der Waals surface area contributed by atoms with Gasteiger partial charge in [-0.05, 0) is 36.9 Å². The van der Waals surface area contributed by atoms with E-state index in [1.54, 1.807) is 23.9 Å². The van der Waals surface area contributed by atoms with Gasteiger partial charge in [-0.3, -0.25) is 0 Å². The molecule has 0 radical (unpaired) electrons. The Morgan fingerprint density at radius 1 is 1.30 bits per heavy atom. The molecule has 1 aromatic rings. The number of rotatable bonds is 9. The first-order valence-corrected chi connectivity index (χ1v) is 9.74. The van der Waals surface area contributed by atoms with Crippen molar-refractivity contribution in [1.82, 2.24) is 10.0 Å². The van der Waals surface area contributed by atoms with Crippen LogP contribution in [0.2, 0.25) is 5.02 Å². The zero-order valence-electron chi connectivity index (χ0n) is 11.8. The molecule has 0 spiro atoms. The highest BCUT2D eigenvalue weighted by Gasteiger charge is 2.14. The van der Waals surface area contributed by atoms with E-state index < -0.39 is 10.0 Å². The second kappa shape index (κ2) is 8.89. The van der Waals surface area contributed by atoms with Gasteiger partial charge < -0.3 is 5.32 Å². The van der Waals surface area contributed by atoms with Crippen LogP contribution in [0.3, 0.4) is 0 Å². The molecular weight excluding hydrogens is 316 g/mol. The molecule has 0 unspecified atom stereocenters. The lowest BCUT2D eigenvalue weighted by atomic mass is 10.2. The Kier molecular flexibility index (Phi) is 7.91.